The van der Waals surface area contributed by atoms with E-state index in [1.165, 1.54) is 11.3 Å². The lowest BCUT2D eigenvalue weighted by molar-refractivity contribution is 0.203. The van der Waals surface area contributed by atoms with Gasteiger partial charge in [-0.05, 0) is 55.8 Å². The molecule has 0 aliphatic carbocycles. The number of anilines is 1. The number of aromatic nitrogens is 3. The molecular weight excluding hydrogens is 362 g/mol. The van der Waals surface area contributed by atoms with Crippen LogP contribution < -0.4 is 10.5 Å². The van der Waals surface area contributed by atoms with Crippen LogP contribution in [0.4, 0.5) is 5.69 Å². The quantitative estimate of drug-likeness (QED) is 0.725. The van der Waals surface area contributed by atoms with Gasteiger partial charge in [0.05, 0.1) is 5.69 Å². The highest BCUT2D eigenvalue weighted by Crippen LogP contribution is 2.28. The predicted octanol–water partition coefficient (Wildman–Crippen LogP) is 3.28. The molecule has 150 valence electrons. The SMILES string of the molecule is CN(C)c1ccc(CN2CCC(c3cc(=O)[nH]c(-c4ccncc4)n3)CC2)cc1. The molecule has 6 nitrogen and oxygen atoms in total. The van der Waals surface area contributed by atoms with Crippen molar-refractivity contribution in [1.29, 1.82) is 0 Å². The van der Waals surface area contributed by atoms with Crippen LogP contribution >= 0.6 is 0 Å². The molecule has 2 aromatic heterocycles. The molecule has 1 saturated heterocycles. The third-order valence-electron chi connectivity index (χ3n) is 5.58. The van der Waals surface area contributed by atoms with E-state index >= 15 is 0 Å². The lowest BCUT2D eigenvalue weighted by Crippen LogP contribution is -2.33. The molecule has 1 fully saturated rings. The van der Waals surface area contributed by atoms with Crippen molar-refractivity contribution in [3.8, 4) is 11.4 Å². The summed E-state index contributed by atoms with van der Waals surface area (Å²) in [6.07, 6.45) is 5.46. The molecule has 0 saturated carbocycles. The van der Waals surface area contributed by atoms with Gasteiger partial charge in [0, 0.05) is 56.3 Å². The first-order valence-electron chi connectivity index (χ1n) is 10.1. The average Bonchev–Trinajstić information content (AvgIpc) is 2.75. The number of rotatable bonds is 5. The monoisotopic (exact) mass is 389 g/mol. The van der Waals surface area contributed by atoms with Crippen molar-refractivity contribution in [2.75, 3.05) is 32.1 Å². The predicted molar refractivity (Wildman–Crippen MR) is 116 cm³/mol. The second kappa shape index (κ2) is 8.57. The molecule has 29 heavy (non-hydrogen) atoms. The van der Waals surface area contributed by atoms with Gasteiger partial charge in [-0.15, -0.1) is 0 Å². The lowest BCUT2D eigenvalue weighted by Gasteiger charge is -2.31. The fraction of sp³-hybridized carbons (Fsp3) is 0.348. The molecule has 1 N–H and O–H groups in total. The summed E-state index contributed by atoms with van der Waals surface area (Å²) in [5.41, 5.74) is 4.25. The van der Waals surface area contributed by atoms with Crippen LogP contribution in [-0.4, -0.2) is 47.0 Å². The number of likely N-dealkylation sites (tertiary alicyclic amines) is 1. The maximum Gasteiger partial charge on any atom is 0.251 e. The van der Waals surface area contributed by atoms with E-state index < -0.39 is 0 Å². The number of aromatic amines is 1. The third kappa shape index (κ3) is 4.71. The summed E-state index contributed by atoms with van der Waals surface area (Å²) in [6.45, 7) is 2.99. The highest BCUT2D eigenvalue weighted by atomic mass is 16.1. The van der Waals surface area contributed by atoms with E-state index in [-0.39, 0.29) is 5.56 Å². The van der Waals surface area contributed by atoms with Gasteiger partial charge in [-0.25, -0.2) is 4.98 Å². The minimum absolute atomic E-state index is 0.0924. The summed E-state index contributed by atoms with van der Waals surface area (Å²) in [4.78, 5) is 28.4. The fourth-order valence-electron chi connectivity index (χ4n) is 3.88. The van der Waals surface area contributed by atoms with Crippen molar-refractivity contribution >= 4 is 5.69 Å². The summed E-state index contributed by atoms with van der Waals surface area (Å²) in [5.74, 6) is 0.948. The average molecular weight is 390 g/mol. The van der Waals surface area contributed by atoms with Crippen LogP contribution in [-0.2, 0) is 6.54 Å². The summed E-state index contributed by atoms with van der Waals surface area (Å²) in [7, 11) is 4.12. The normalized spacial score (nSPS) is 15.4. The standard InChI is InChI=1S/C23H27N5O/c1-27(2)20-5-3-17(4-6-20)16-28-13-9-18(10-14-28)21-15-22(29)26-23(25-21)19-7-11-24-12-8-19/h3-8,11-12,15,18H,9-10,13-14,16H2,1-2H3,(H,25,26,29). The van der Waals surface area contributed by atoms with Gasteiger partial charge in [0.2, 0.25) is 0 Å². The Morgan fingerprint density at radius 1 is 1.07 bits per heavy atom. The van der Waals surface area contributed by atoms with E-state index in [1.54, 1.807) is 18.5 Å². The van der Waals surface area contributed by atoms with Crippen molar-refractivity contribution < 1.29 is 0 Å². The molecule has 4 rings (SSSR count). The lowest BCUT2D eigenvalue weighted by atomic mass is 9.93. The molecule has 0 atom stereocenters. The molecule has 1 aromatic carbocycles. The molecule has 0 radical (unpaired) electrons. The van der Waals surface area contributed by atoms with Crippen molar-refractivity contribution in [3.05, 3.63) is 76.5 Å². The van der Waals surface area contributed by atoms with Gasteiger partial charge in [-0.2, -0.15) is 0 Å². The van der Waals surface area contributed by atoms with Crippen molar-refractivity contribution in [3.63, 3.8) is 0 Å². The second-order valence-corrected chi connectivity index (χ2v) is 7.87. The number of nitrogens with zero attached hydrogens (tertiary/aromatic N) is 4. The van der Waals surface area contributed by atoms with E-state index in [2.05, 4.69) is 58.1 Å². The van der Waals surface area contributed by atoms with Gasteiger partial charge in [-0.3, -0.25) is 14.7 Å². The van der Waals surface area contributed by atoms with E-state index in [4.69, 9.17) is 4.98 Å². The second-order valence-electron chi connectivity index (χ2n) is 7.87. The van der Waals surface area contributed by atoms with Gasteiger partial charge in [-0.1, -0.05) is 12.1 Å². The van der Waals surface area contributed by atoms with Crippen molar-refractivity contribution in [2.45, 2.75) is 25.3 Å². The Morgan fingerprint density at radius 3 is 2.41 bits per heavy atom. The minimum Gasteiger partial charge on any atom is -0.378 e. The van der Waals surface area contributed by atoms with Crippen molar-refractivity contribution in [1.82, 2.24) is 19.9 Å². The van der Waals surface area contributed by atoms with Gasteiger partial charge >= 0.3 is 0 Å². The van der Waals surface area contributed by atoms with Gasteiger partial charge in [0.25, 0.3) is 5.56 Å². The Labute approximate surface area is 171 Å². The number of nitrogens with one attached hydrogen (secondary N) is 1. The number of H-pyrrole nitrogens is 1. The van der Waals surface area contributed by atoms with Crippen LogP contribution in [0.2, 0.25) is 0 Å². The molecule has 0 amide bonds. The largest absolute Gasteiger partial charge is 0.378 e. The zero-order chi connectivity index (χ0) is 20.2. The highest BCUT2D eigenvalue weighted by Gasteiger charge is 2.22. The Morgan fingerprint density at radius 2 is 1.76 bits per heavy atom. The number of hydrogen-bond donors (Lipinski definition) is 1. The first-order chi connectivity index (χ1) is 14.1. The molecule has 3 aromatic rings. The van der Waals surface area contributed by atoms with Crippen LogP contribution in [0.1, 0.15) is 30.0 Å². The number of piperidine rings is 1. The van der Waals surface area contributed by atoms with E-state index in [1.807, 2.05) is 12.1 Å². The van der Waals surface area contributed by atoms with E-state index in [0.29, 0.717) is 11.7 Å². The third-order valence-corrected chi connectivity index (χ3v) is 5.58. The van der Waals surface area contributed by atoms with Crippen LogP contribution in [0.15, 0.2) is 59.7 Å². The molecule has 0 unspecified atom stereocenters. The molecule has 0 bridgehead atoms. The first-order valence-corrected chi connectivity index (χ1v) is 10.1. The molecule has 1 aliphatic heterocycles. The molecule has 1 aliphatic rings. The number of hydrogen-bond acceptors (Lipinski definition) is 5. The van der Waals surface area contributed by atoms with Gasteiger partial charge in [0.1, 0.15) is 5.82 Å². The summed E-state index contributed by atoms with van der Waals surface area (Å²) >= 11 is 0. The molecular formula is C23H27N5O. The highest BCUT2D eigenvalue weighted by molar-refractivity contribution is 5.53. The fourth-order valence-corrected chi connectivity index (χ4v) is 3.88. The summed E-state index contributed by atoms with van der Waals surface area (Å²) in [6, 6.07) is 14.1. The zero-order valence-corrected chi connectivity index (χ0v) is 17.0. The van der Waals surface area contributed by atoms with Gasteiger partial charge in [0.15, 0.2) is 0 Å². The summed E-state index contributed by atoms with van der Waals surface area (Å²) < 4.78 is 0. The van der Waals surface area contributed by atoms with Crippen LogP contribution in [0.5, 0.6) is 0 Å². The topological polar surface area (TPSA) is 65.1 Å². The Hall–Kier alpha value is -2.99. The maximum atomic E-state index is 12.2. The molecule has 6 heteroatoms. The Bertz CT molecular complexity index is 990. The molecule has 0 spiro atoms. The smallest absolute Gasteiger partial charge is 0.251 e. The Kier molecular flexibility index (Phi) is 5.71. The number of pyridine rings is 1. The first kappa shape index (κ1) is 19.3. The van der Waals surface area contributed by atoms with Crippen LogP contribution in [0.25, 0.3) is 11.4 Å². The maximum absolute atomic E-state index is 12.2. The Balaban J connectivity index is 1.41. The van der Waals surface area contributed by atoms with Gasteiger partial charge < -0.3 is 9.88 Å². The van der Waals surface area contributed by atoms with E-state index in [0.717, 1.165) is 43.7 Å². The van der Waals surface area contributed by atoms with E-state index in [9.17, 15) is 4.79 Å². The zero-order valence-electron chi connectivity index (χ0n) is 17.0. The van der Waals surface area contributed by atoms with Crippen LogP contribution in [0.3, 0.4) is 0 Å². The number of benzene rings is 1. The molecule has 3 heterocycles. The van der Waals surface area contributed by atoms with Crippen molar-refractivity contribution in [2.24, 2.45) is 0 Å². The summed E-state index contributed by atoms with van der Waals surface area (Å²) in [5, 5.41) is 0. The minimum atomic E-state index is -0.0924. The van der Waals surface area contributed by atoms with Crippen LogP contribution in [0, 0.1) is 0 Å².